The predicted octanol–water partition coefficient (Wildman–Crippen LogP) is 3.78. The fourth-order valence-corrected chi connectivity index (χ4v) is 4.33. The van der Waals surface area contributed by atoms with Crippen LogP contribution in [0.2, 0.25) is 0 Å². The van der Waals surface area contributed by atoms with Crippen molar-refractivity contribution < 1.29 is 27.6 Å². The van der Waals surface area contributed by atoms with E-state index in [1.165, 1.54) is 43.5 Å². The first-order chi connectivity index (χ1) is 16.7. The Bertz CT molecular complexity index is 1290. The number of rotatable bonds is 11. The van der Waals surface area contributed by atoms with E-state index in [2.05, 4.69) is 10.0 Å². The molecule has 0 radical (unpaired) electrons. The number of nitrogens with zero attached hydrogens (tertiary/aromatic N) is 1. The van der Waals surface area contributed by atoms with Crippen LogP contribution in [0.1, 0.15) is 22.3 Å². The molecule has 0 saturated carbocycles. The van der Waals surface area contributed by atoms with Crippen LogP contribution in [0.25, 0.3) is 0 Å². The van der Waals surface area contributed by atoms with E-state index in [0.29, 0.717) is 12.1 Å². The van der Waals surface area contributed by atoms with Gasteiger partial charge in [-0.1, -0.05) is 12.1 Å². The maximum absolute atomic E-state index is 12.8. The van der Waals surface area contributed by atoms with Crippen LogP contribution in [-0.4, -0.2) is 40.0 Å². The summed E-state index contributed by atoms with van der Waals surface area (Å²) in [5, 5.41) is 13.8. The van der Waals surface area contributed by atoms with Crippen molar-refractivity contribution in [1.29, 1.82) is 0 Å². The minimum Gasteiger partial charge on any atom is -0.497 e. The minimum atomic E-state index is -4.08. The molecule has 0 aromatic heterocycles. The predicted molar refractivity (Wildman–Crippen MR) is 131 cm³/mol. The number of carbonyl (C=O) groups is 1. The van der Waals surface area contributed by atoms with Crippen LogP contribution < -0.4 is 19.5 Å². The molecule has 3 rings (SSSR count). The number of nitro benzene ring substituents is 1. The van der Waals surface area contributed by atoms with Gasteiger partial charge in [-0.15, -0.1) is 0 Å². The second-order valence-corrected chi connectivity index (χ2v) is 9.16. The molecule has 3 aromatic carbocycles. The van der Waals surface area contributed by atoms with Crippen LogP contribution >= 0.6 is 0 Å². The SMILES string of the molecule is COc1ccc(CCCNC(=O)c2ccc(S(=O)(=O)Nc3cc([N+](=O)[O-])ccc3OC)cc2)cc1. The summed E-state index contributed by atoms with van der Waals surface area (Å²) in [6, 6.07) is 16.7. The van der Waals surface area contributed by atoms with Crippen molar-refractivity contribution in [2.45, 2.75) is 17.7 Å². The van der Waals surface area contributed by atoms with Crippen LogP contribution in [0.4, 0.5) is 11.4 Å². The van der Waals surface area contributed by atoms with Crippen LogP contribution in [0, 0.1) is 10.1 Å². The van der Waals surface area contributed by atoms with E-state index in [9.17, 15) is 23.3 Å². The van der Waals surface area contributed by atoms with Crippen molar-refractivity contribution in [3.8, 4) is 11.5 Å². The van der Waals surface area contributed by atoms with E-state index in [0.717, 1.165) is 30.2 Å². The maximum atomic E-state index is 12.8. The topological polar surface area (TPSA) is 137 Å². The van der Waals surface area contributed by atoms with Crippen LogP contribution in [0.3, 0.4) is 0 Å². The van der Waals surface area contributed by atoms with Gasteiger partial charge in [0.1, 0.15) is 11.5 Å². The van der Waals surface area contributed by atoms with Gasteiger partial charge in [-0.25, -0.2) is 8.42 Å². The van der Waals surface area contributed by atoms with E-state index < -0.39 is 14.9 Å². The maximum Gasteiger partial charge on any atom is 0.271 e. The number of ether oxygens (including phenoxy) is 2. The first-order valence-corrected chi connectivity index (χ1v) is 12.1. The molecule has 0 spiro atoms. The zero-order chi connectivity index (χ0) is 25.4. The molecule has 0 aliphatic carbocycles. The average molecular weight is 500 g/mol. The highest BCUT2D eigenvalue weighted by Crippen LogP contribution is 2.30. The normalized spacial score (nSPS) is 10.9. The molecule has 3 aromatic rings. The van der Waals surface area contributed by atoms with E-state index in [1.807, 2.05) is 24.3 Å². The number of hydrogen-bond acceptors (Lipinski definition) is 7. The molecule has 0 aliphatic rings. The Morgan fingerprint density at radius 1 is 0.971 bits per heavy atom. The monoisotopic (exact) mass is 499 g/mol. The second-order valence-electron chi connectivity index (χ2n) is 7.48. The summed E-state index contributed by atoms with van der Waals surface area (Å²) in [5.74, 6) is 0.591. The third-order valence-electron chi connectivity index (χ3n) is 5.15. The standard InChI is InChI=1S/C24H25N3O7S/c1-33-20-10-5-17(6-11-20)4-3-15-25-24(28)18-7-12-21(13-8-18)35(31,32)26-22-16-19(27(29)30)9-14-23(22)34-2/h5-14,16,26H,3-4,15H2,1-2H3,(H,25,28). The lowest BCUT2D eigenvalue weighted by molar-refractivity contribution is -0.384. The van der Waals surface area contributed by atoms with Gasteiger partial charge in [0.2, 0.25) is 0 Å². The Hall–Kier alpha value is -4.12. The van der Waals surface area contributed by atoms with Crippen LogP contribution in [0.15, 0.2) is 71.6 Å². The summed E-state index contributed by atoms with van der Waals surface area (Å²) in [6.45, 7) is 0.457. The van der Waals surface area contributed by atoms with Crippen molar-refractivity contribution in [2.24, 2.45) is 0 Å². The summed E-state index contributed by atoms with van der Waals surface area (Å²) in [4.78, 5) is 22.7. The molecule has 0 aliphatic heterocycles. The summed E-state index contributed by atoms with van der Waals surface area (Å²) >= 11 is 0. The van der Waals surface area contributed by atoms with Crippen molar-refractivity contribution in [2.75, 3.05) is 25.5 Å². The van der Waals surface area contributed by atoms with E-state index in [4.69, 9.17) is 9.47 Å². The number of benzene rings is 3. The zero-order valence-electron chi connectivity index (χ0n) is 19.2. The Labute approximate surface area is 203 Å². The van der Waals surface area contributed by atoms with Crippen LogP contribution in [-0.2, 0) is 16.4 Å². The van der Waals surface area contributed by atoms with Gasteiger partial charge in [-0.2, -0.15) is 0 Å². The van der Waals surface area contributed by atoms with Gasteiger partial charge in [0.15, 0.2) is 0 Å². The molecule has 0 bridgehead atoms. The second kappa shape index (κ2) is 11.3. The van der Waals surface area contributed by atoms with Crippen LogP contribution in [0.5, 0.6) is 11.5 Å². The Morgan fingerprint density at radius 3 is 2.26 bits per heavy atom. The van der Waals surface area contributed by atoms with Crippen molar-refractivity contribution in [3.05, 3.63) is 88.0 Å². The number of non-ortho nitro benzene ring substituents is 1. The largest absolute Gasteiger partial charge is 0.497 e. The summed E-state index contributed by atoms with van der Waals surface area (Å²) in [7, 11) is -1.15. The number of hydrogen-bond donors (Lipinski definition) is 2. The highest BCUT2D eigenvalue weighted by Gasteiger charge is 2.20. The molecule has 0 saturated heterocycles. The van der Waals surface area contributed by atoms with Crippen molar-refractivity contribution >= 4 is 27.3 Å². The lowest BCUT2D eigenvalue weighted by Gasteiger charge is -2.12. The lowest BCUT2D eigenvalue weighted by atomic mass is 10.1. The number of nitro groups is 1. The Kier molecular flexibility index (Phi) is 8.26. The van der Waals surface area contributed by atoms with E-state index in [-0.39, 0.29) is 27.9 Å². The summed E-state index contributed by atoms with van der Waals surface area (Å²) in [6.07, 6.45) is 1.52. The van der Waals surface area contributed by atoms with Crippen molar-refractivity contribution in [3.63, 3.8) is 0 Å². The summed E-state index contributed by atoms with van der Waals surface area (Å²) < 4.78 is 38.1. The van der Waals surface area contributed by atoms with Gasteiger partial charge >= 0.3 is 0 Å². The molecule has 1 amide bonds. The average Bonchev–Trinajstić information content (AvgIpc) is 2.86. The number of amides is 1. The number of carbonyl (C=O) groups excluding carboxylic acids is 1. The fourth-order valence-electron chi connectivity index (χ4n) is 3.27. The van der Waals surface area contributed by atoms with E-state index >= 15 is 0 Å². The zero-order valence-corrected chi connectivity index (χ0v) is 20.0. The Morgan fingerprint density at radius 2 is 1.66 bits per heavy atom. The van der Waals surface area contributed by atoms with Crippen molar-refractivity contribution in [1.82, 2.24) is 5.32 Å². The molecule has 35 heavy (non-hydrogen) atoms. The molecule has 0 fully saturated rings. The smallest absolute Gasteiger partial charge is 0.271 e. The van der Waals surface area contributed by atoms with Gasteiger partial charge in [0.25, 0.3) is 21.6 Å². The molecular formula is C24H25N3O7S. The number of aryl methyl sites for hydroxylation is 1. The molecule has 0 atom stereocenters. The lowest BCUT2D eigenvalue weighted by Crippen LogP contribution is -2.24. The molecular weight excluding hydrogens is 474 g/mol. The van der Waals surface area contributed by atoms with Gasteiger partial charge in [-0.05, 0) is 60.9 Å². The van der Waals surface area contributed by atoms with Gasteiger partial charge in [-0.3, -0.25) is 19.6 Å². The summed E-state index contributed by atoms with van der Waals surface area (Å²) in [5.41, 5.74) is 1.08. The molecule has 11 heteroatoms. The fraction of sp³-hybridized carbons (Fsp3) is 0.208. The minimum absolute atomic E-state index is 0.0691. The first kappa shape index (κ1) is 25.5. The molecule has 184 valence electrons. The van der Waals surface area contributed by atoms with Gasteiger partial charge < -0.3 is 14.8 Å². The first-order valence-electron chi connectivity index (χ1n) is 10.6. The van der Waals surface area contributed by atoms with Gasteiger partial charge in [0, 0.05) is 24.2 Å². The number of methoxy groups -OCH3 is 2. The quantitative estimate of drug-likeness (QED) is 0.233. The van der Waals surface area contributed by atoms with E-state index in [1.54, 1.807) is 7.11 Å². The molecule has 2 N–H and O–H groups in total. The number of anilines is 1. The number of sulfonamides is 1. The Balaban J connectivity index is 1.59. The highest BCUT2D eigenvalue weighted by atomic mass is 32.2. The molecule has 10 nitrogen and oxygen atoms in total. The molecule has 0 heterocycles. The highest BCUT2D eigenvalue weighted by molar-refractivity contribution is 7.92. The molecule has 0 unspecified atom stereocenters. The third kappa shape index (κ3) is 6.70. The van der Waals surface area contributed by atoms with Gasteiger partial charge in [0.05, 0.1) is 29.7 Å². The third-order valence-corrected chi connectivity index (χ3v) is 6.53. The number of nitrogens with one attached hydrogen (secondary N) is 2.